The molecule has 0 saturated carbocycles. The van der Waals surface area contributed by atoms with Gasteiger partial charge >= 0.3 is 0 Å². The summed E-state index contributed by atoms with van der Waals surface area (Å²) in [5.74, 6) is -1.24. The van der Waals surface area contributed by atoms with Crippen molar-refractivity contribution in [1.29, 1.82) is 0 Å². The lowest BCUT2D eigenvalue weighted by molar-refractivity contribution is 0.585. The first-order chi connectivity index (χ1) is 9.20. The Morgan fingerprint density at radius 3 is 2.79 bits per heavy atom. The maximum Gasteiger partial charge on any atom is 0.160 e. The number of halogens is 2. The predicted octanol–water partition coefficient (Wildman–Crippen LogP) is 2.13. The summed E-state index contributed by atoms with van der Waals surface area (Å²) >= 11 is 0. The van der Waals surface area contributed by atoms with E-state index in [0.29, 0.717) is 17.0 Å². The maximum absolute atomic E-state index is 13.8. The average molecular weight is 260 g/mol. The van der Waals surface area contributed by atoms with Crippen molar-refractivity contribution in [3.05, 3.63) is 54.1 Å². The van der Waals surface area contributed by atoms with E-state index in [9.17, 15) is 8.78 Å². The van der Waals surface area contributed by atoms with Crippen LogP contribution in [0.5, 0.6) is 0 Å². The second kappa shape index (κ2) is 4.40. The third-order valence-corrected chi connectivity index (χ3v) is 2.90. The van der Waals surface area contributed by atoms with Crippen molar-refractivity contribution in [2.24, 2.45) is 5.73 Å². The van der Waals surface area contributed by atoms with Crippen molar-refractivity contribution in [3.63, 3.8) is 0 Å². The zero-order valence-corrected chi connectivity index (χ0v) is 9.85. The first-order valence-electron chi connectivity index (χ1n) is 5.67. The predicted molar refractivity (Wildman–Crippen MR) is 66.2 cm³/mol. The summed E-state index contributed by atoms with van der Waals surface area (Å²) in [5, 5.41) is 0. The number of rotatable bonds is 2. The largest absolute Gasteiger partial charge is 0.325 e. The number of aromatic nitrogens is 3. The molecule has 0 bridgehead atoms. The highest BCUT2D eigenvalue weighted by Gasteiger charge is 2.13. The molecule has 0 unspecified atom stereocenters. The van der Waals surface area contributed by atoms with E-state index < -0.39 is 11.6 Å². The Kier molecular flexibility index (Phi) is 2.72. The van der Waals surface area contributed by atoms with Gasteiger partial charge in [0, 0.05) is 30.6 Å². The maximum atomic E-state index is 13.8. The molecule has 0 aliphatic rings. The van der Waals surface area contributed by atoms with Crippen LogP contribution in [0.1, 0.15) is 5.69 Å². The normalized spacial score (nSPS) is 11.1. The van der Waals surface area contributed by atoms with Crippen LogP contribution in [0.25, 0.3) is 16.9 Å². The highest BCUT2D eigenvalue weighted by molar-refractivity contribution is 5.65. The fourth-order valence-corrected chi connectivity index (χ4v) is 2.01. The molecule has 6 heteroatoms. The van der Waals surface area contributed by atoms with Crippen LogP contribution in [0.2, 0.25) is 0 Å². The summed E-state index contributed by atoms with van der Waals surface area (Å²) in [4.78, 5) is 8.30. The lowest BCUT2D eigenvalue weighted by Crippen LogP contribution is -2.03. The molecule has 0 fully saturated rings. The molecular weight excluding hydrogens is 250 g/mol. The van der Waals surface area contributed by atoms with E-state index in [4.69, 9.17) is 5.73 Å². The second-order valence-electron chi connectivity index (χ2n) is 4.04. The van der Waals surface area contributed by atoms with Gasteiger partial charge in [0.05, 0.1) is 17.6 Å². The van der Waals surface area contributed by atoms with Crippen LogP contribution in [0.4, 0.5) is 8.78 Å². The molecule has 0 atom stereocenters. The van der Waals surface area contributed by atoms with Crippen LogP contribution >= 0.6 is 0 Å². The highest BCUT2D eigenvalue weighted by Crippen LogP contribution is 2.24. The Hall–Kier alpha value is -2.34. The zero-order chi connectivity index (χ0) is 13.4. The minimum atomic E-state index is -0.632. The number of nitrogens with zero attached hydrogens (tertiary/aromatic N) is 3. The number of fused-ring (bicyclic) bond motifs is 1. The quantitative estimate of drug-likeness (QED) is 0.768. The molecule has 3 aromatic rings. The van der Waals surface area contributed by atoms with Crippen molar-refractivity contribution in [3.8, 4) is 11.3 Å². The summed E-state index contributed by atoms with van der Waals surface area (Å²) in [6.07, 6.45) is 4.76. The van der Waals surface area contributed by atoms with Crippen LogP contribution in [0, 0.1) is 11.6 Å². The summed E-state index contributed by atoms with van der Waals surface area (Å²) in [6.45, 7) is 0.243. The van der Waals surface area contributed by atoms with E-state index in [1.165, 1.54) is 18.3 Å². The van der Waals surface area contributed by atoms with Crippen LogP contribution in [-0.2, 0) is 6.54 Å². The topological polar surface area (TPSA) is 56.2 Å². The van der Waals surface area contributed by atoms with Crippen LogP contribution < -0.4 is 5.73 Å². The molecule has 2 N–H and O–H groups in total. The van der Waals surface area contributed by atoms with Gasteiger partial charge in [-0.1, -0.05) is 0 Å². The monoisotopic (exact) mass is 260 g/mol. The Morgan fingerprint density at radius 2 is 2.05 bits per heavy atom. The lowest BCUT2D eigenvalue weighted by Gasteiger charge is -2.04. The molecule has 0 radical (unpaired) electrons. The van der Waals surface area contributed by atoms with Gasteiger partial charge in [0.25, 0.3) is 0 Å². The molecule has 1 aromatic carbocycles. The summed E-state index contributed by atoms with van der Waals surface area (Å²) in [7, 11) is 0. The van der Waals surface area contributed by atoms with Crippen molar-refractivity contribution >= 4 is 5.65 Å². The van der Waals surface area contributed by atoms with Crippen molar-refractivity contribution in [2.45, 2.75) is 6.54 Å². The fourth-order valence-electron chi connectivity index (χ4n) is 2.01. The molecule has 0 aliphatic heterocycles. The van der Waals surface area contributed by atoms with Gasteiger partial charge in [0.1, 0.15) is 11.6 Å². The Morgan fingerprint density at radius 1 is 1.21 bits per heavy atom. The number of hydrogen-bond donors (Lipinski definition) is 1. The molecule has 2 heterocycles. The smallest absolute Gasteiger partial charge is 0.160 e. The van der Waals surface area contributed by atoms with Gasteiger partial charge in [-0.25, -0.2) is 13.8 Å². The fraction of sp³-hybridized carbons (Fsp3) is 0.0769. The highest BCUT2D eigenvalue weighted by atomic mass is 19.1. The van der Waals surface area contributed by atoms with Crippen LogP contribution in [0.15, 0.2) is 36.8 Å². The number of hydrogen-bond acceptors (Lipinski definition) is 3. The van der Waals surface area contributed by atoms with E-state index in [-0.39, 0.29) is 12.1 Å². The van der Waals surface area contributed by atoms with Gasteiger partial charge in [0.2, 0.25) is 0 Å². The number of nitrogens with two attached hydrogens (primary N) is 1. The van der Waals surface area contributed by atoms with E-state index >= 15 is 0 Å². The van der Waals surface area contributed by atoms with Crippen molar-refractivity contribution in [2.75, 3.05) is 0 Å². The van der Waals surface area contributed by atoms with Crippen molar-refractivity contribution < 1.29 is 8.78 Å². The molecule has 0 saturated heterocycles. The Labute approximate surface area is 107 Å². The van der Waals surface area contributed by atoms with Crippen LogP contribution in [0.3, 0.4) is 0 Å². The third-order valence-electron chi connectivity index (χ3n) is 2.90. The molecule has 0 spiro atoms. The van der Waals surface area contributed by atoms with Gasteiger partial charge in [-0.15, -0.1) is 0 Å². The molecule has 0 aliphatic carbocycles. The first kappa shape index (κ1) is 11.7. The first-order valence-corrected chi connectivity index (χ1v) is 5.67. The summed E-state index contributed by atoms with van der Waals surface area (Å²) < 4.78 is 28.4. The van der Waals surface area contributed by atoms with E-state index in [1.54, 1.807) is 16.8 Å². The number of benzene rings is 1. The van der Waals surface area contributed by atoms with E-state index in [0.717, 1.165) is 6.07 Å². The van der Waals surface area contributed by atoms with E-state index in [1.807, 2.05) is 0 Å². The second-order valence-corrected chi connectivity index (χ2v) is 4.04. The van der Waals surface area contributed by atoms with E-state index in [2.05, 4.69) is 9.97 Å². The molecule has 96 valence electrons. The van der Waals surface area contributed by atoms with Crippen molar-refractivity contribution in [1.82, 2.24) is 14.4 Å². The summed E-state index contributed by atoms with van der Waals surface area (Å²) in [6, 6.07) is 3.44. The zero-order valence-electron chi connectivity index (χ0n) is 9.85. The molecule has 2 aromatic heterocycles. The molecular formula is C13H10F2N4. The Balaban J connectivity index is 2.26. The van der Waals surface area contributed by atoms with Gasteiger partial charge < -0.3 is 5.73 Å². The Bertz CT molecular complexity index is 751. The minimum absolute atomic E-state index is 0.243. The minimum Gasteiger partial charge on any atom is -0.325 e. The lowest BCUT2D eigenvalue weighted by atomic mass is 10.1. The third kappa shape index (κ3) is 1.86. The SMILES string of the molecule is NCc1nccn2c(-c3ccc(F)cc3F)cnc12. The average Bonchev–Trinajstić information content (AvgIpc) is 2.82. The van der Waals surface area contributed by atoms with Gasteiger partial charge in [-0.2, -0.15) is 0 Å². The summed E-state index contributed by atoms with van der Waals surface area (Å²) in [5.41, 5.74) is 7.58. The number of imidazole rings is 1. The van der Waals surface area contributed by atoms with Gasteiger partial charge in [0.15, 0.2) is 5.65 Å². The molecule has 19 heavy (non-hydrogen) atoms. The standard InChI is InChI=1S/C13H10F2N4/c14-8-1-2-9(10(15)5-8)12-7-18-13-11(6-16)17-3-4-19(12)13/h1-5,7H,6,16H2. The molecule has 3 rings (SSSR count). The van der Waals surface area contributed by atoms with Gasteiger partial charge in [-0.3, -0.25) is 9.38 Å². The molecule has 0 amide bonds. The molecule has 4 nitrogen and oxygen atoms in total. The van der Waals surface area contributed by atoms with Gasteiger partial charge in [-0.05, 0) is 12.1 Å². The van der Waals surface area contributed by atoms with Crippen LogP contribution in [-0.4, -0.2) is 14.4 Å².